The van der Waals surface area contributed by atoms with Gasteiger partial charge in [-0.25, -0.2) is 0 Å². The Hall–Kier alpha value is -2.11. The van der Waals surface area contributed by atoms with Crippen molar-refractivity contribution in [3.05, 3.63) is 33.9 Å². The van der Waals surface area contributed by atoms with Crippen molar-refractivity contribution in [1.82, 2.24) is 4.90 Å². The van der Waals surface area contributed by atoms with E-state index in [0.717, 1.165) is 19.3 Å². The first kappa shape index (κ1) is 14.3. The normalized spacial score (nSPS) is 22.6. The van der Waals surface area contributed by atoms with Gasteiger partial charge in [-0.1, -0.05) is 0 Å². The fraction of sp³-hybridized carbons (Fsp3) is 0.500. The van der Waals surface area contributed by atoms with Crippen molar-refractivity contribution < 1.29 is 9.72 Å². The van der Waals surface area contributed by atoms with Gasteiger partial charge in [0.25, 0.3) is 11.6 Å². The third-order valence-electron chi connectivity index (χ3n) is 3.90. The molecule has 0 bridgehead atoms. The highest BCUT2D eigenvalue weighted by atomic mass is 16.6. The van der Waals surface area contributed by atoms with Crippen LogP contribution in [0.15, 0.2) is 18.2 Å². The Morgan fingerprint density at radius 2 is 1.95 bits per heavy atom. The van der Waals surface area contributed by atoms with E-state index >= 15 is 0 Å². The van der Waals surface area contributed by atoms with E-state index in [9.17, 15) is 14.9 Å². The molecule has 0 saturated carbocycles. The number of likely N-dealkylation sites (tertiary alicyclic amines) is 1. The Kier molecular flexibility index (Phi) is 3.92. The minimum absolute atomic E-state index is 0.0261. The lowest BCUT2D eigenvalue weighted by Crippen LogP contribution is -2.47. The van der Waals surface area contributed by atoms with Crippen LogP contribution in [-0.4, -0.2) is 27.8 Å². The lowest BCUT2D eigenvalue weighted by molar-refractivity contribution is -0.383. The highest BCUT2D eigenvalue weighted by molar-refractivity contribution is 5.96. The summed E-state index contributed by atoms with van der Waals surface area (Å²) in [6.07, 6.45) is 3.09. The Balaban J connectivity index is 2.29. The van der Waals surface area contributed by atoms with Gasteiger partial charge in [-0.3, -0.25) is 14.9 Å². The van der Waals surface area contributed by atoms with Crippen LogP contribution in [0.3, 0.4) is 0 Å². The fourth-order valence-electron chi connectivity index (χ4n) is 2.82. The quantitative estimate of drug-likeness (QED) is 0.511. The topological polar surface area (TPSA) is 89.5 Å². The van der Waals surface area contributed by atoms with Crippen LogP contribution in [0.2, 0.25) is 0 Å². The van der Waals surface area contributed by atoms with Crippen LogP contribution >= 0.6 is 0 Å². The summed E-state index contributed by atoms with van der Waals surface area (Å²) in [6, 6.07) is 4.53. The molecule has 0 unspecified atom stereocenters. The number of nitrogen functional groups attached to an aromatic ring is 1. The Morgan fingerprint density at radius 3 is 2.45 bits per heavy atom. The SMILES string of the molecule is C[C@@H]1CCC[C@H](C)N1C(=O)c1ccc([N+](=O)[O-])c(N)c1. The van der Waals surface area contributed by atoms with Crippen molar-refractivity contribution in [2.75, 3.05) is 5.73 Å². The van der Waals surface area contributed by atoms with E-state index in [-0.39, 0.29) is 29.4 Å². The first-order valence-corrected chi connectivity index (χ1v) is 6.78. The maximum atomic E-state index is 12.6. The van der Waals surface area contributed by atoms with E-state index in [1.54, 1.807) is 0 Å². The molecule has 2 atom stereocenters. The molecule has 108 valence electrons. The van der Waals surface area contributed by atoms with Crippen molar-refractivity contribution in [2.24, 2.45) is 0 Å². The zero-order valence-corrected chi connectivity index (χ0v) is 11.7. The van der Waals surface area contributed by atoms with Crippen LogP contribution < -0.4 is 5.73 Å². The molecule has 1 amide bonds. The minimum Gasteiger partial charge on any atom is -0.393 e. The minimum atomic E-state index is -0.546. The molecule has 0 spiro atoms. The van der Waals surface area contributed by atoms with Crippen molar-refractivity contribution in [3.8, 4) is 0 Å². The Labute approximate surface area is 117 Å². The molecule has 0 aromatic heterocycles. The number of piperidine rings is 1. The van der Waals surface area contributed by atoms with E-state index < -0.39 is 4.92 Å². The van der Waals surface area contributed by atoms with Crippen LogP contribution in [0.25, 0.3) is 0 Å². The predicted octanol–water partition coefficient (Wildman–Crippen LogP) is 2.58. The van der Waals surface area contributed by atoms with E-state index in [1.807, 2.05) is 18.7 Å². The number of benzene rings is 1. The zero-order valence-electron chi connectivity index (χ0n) is 11.7. The Morgan fingerprint density at radius 1 is 1.35 bits per heavy atom. The average Bonchev–Trinajstić information content (AvgIpc) is 2.37. The standard InChI is InChI=1S/C14H19N3O3/c1-9-4-3-5-10(2)16(9)14(18)11-6-7-13(17(19)20)12(15)8-11/h6-10H,3-5,15H2,1-2H3/t9-,10+. The molecule has 1 fully saturated rings. The number of nitro benzene ring substituents is 1. The average molecular weight is 277 g/mol. The van der Waals surface area contributed by atoms with Crippen molar-refractivity contribution in [1.29, 1.82) is 0 Å². The number of anilines is 1. The van der Waals surface area contributed by atoms with E-state index in [4.69, 9.17) is 5.73 Å². The number of carbonyl (C=O) groups excluding carboxylic acids is 1. The molecule has 6 nitrogen and oxygen atoms in total. The summed E-state index contributed by atoms with van der Waals surface area (Å²) in [5.41, 5.74) is 5.92. The molecule has 1 saturated heterocycles. The molecule has 2 rings (SSSR count). The number of nitro groups is 1. The van der Waals surface area contributed by atoms with Gasteiger partial charge < -0.3 is 10.6 Å². The van der Waals surface area contributed by atoms with Crippen LogP contribution in [0, 0.1) is 10.1 Å². The smallest absolute Gasteiger partial charge is 0.292 e. The molecule has 0 radical (unpaired) electrons. The lowest BCUT2D eigenvalue weighted by atomic mass is 9.96. The van der Waals surface area contributed by atoms with Gasteiger partial charge in [0.05, 0.1) is 4.92 Å². The largest absolute Gasteiger partial charge is 0.393 e. The highest BCUT2D eigenvalue weighted by Gasteiger charge is 2.30. The molecule has 2 N–H and O–H groups in total. The van der Waals surface area contributed by atoms with Crippen molar-refractivity contribution in [3.63, 3.8) is 0 Å². The molecular weight excluding hydrogens is 258 g/mol. The summed E-state index contributed by atoms with van der Waals surface area (Å²) < 4.78 is 0. The second-order valence-corrected chi connectivity index (χ2v) is 5.37. The van der Waals surface area contributed by atoms with E-state index in [2.05, 4.69) is 0 Å². The third kappa shape index (κ3) is 2.59. The fourth-order valence-corrected chi connectivity index (χ4v) is 2.82. The van der Waals surface area contributed by atoms with Gasteiger partial charge in [-0.2, -0.15) is 0 Å². The van der Waals surface area contributed by atoms with E-state index in [1.165, 1.54) is 18.2 Å². The summed E-state index contributed by atoms with van der Waals surface area (Å²) in [4.78, 5) is 24.6. The molecule has 0 aliphatic carbocycles. The highest BCUT2D eigenvalue weighted by Crippen LogP contribution is 2.27. The second kappa shape index (κ2) is 5.48. The number of hydrogen-bond acceptors (Lipinski definition) is 4. The monoisotopic (exact) mass is 277 g/mol. The molecule has 6 heteroatoms. The molecule has 1 aliphatic heterocycles. The van der Waals surface area contributed by atoms with Crippen molar-refractivity contribution in [2.45, 2.75) is 45.2 Å². The number of hydrogen-bond donors (Lipinski definition) is 1. The second-order valence-electron chi connectivity index (χ2n) is 5.37. The number of nitrogens with two attached hydrogens (primary N) is 1. The molecule has 20 heavy (non-hydrogen) atoms. The van der Waals surface area contributed by atoms with Crippen LogP contribution in [-0.2, 0) is 0 Å². The first-order valence-electron chi connectivity index (χ1n) is 6.78. The maximum absolute atomic E-state index is 12.6. The molecule has 1 heterocycles. The number of nitrogens with zero attached hydrogens (tertiary/aromatic N) is 2. The van der Waals surface area contributed by atoms with Gasteiger partial charge in [0.2, 0.25) is 0 Å². The number of carbonyl (C=O) groups is 1. The van der Waals surface area contributed by atoms with Gasteiger partial charge in [0, 0.05) is 23.7 Å². The molecule has 1 aliphatic rings. The number of rotatable bonds is 2. The predicted molar refractivity (Wildman–Crippen MR) is 76.5 cm³/mol. The van der Waals surface area contributed by atoms with Crippen LogP contribution in [0.5, 0.6) is 0 Å². The summed E-state index contributed by atoms with van der Waals surface area (Å²) in [7, 11) is 0. The van der Waals surface area contributed by atoms with Gasteiger partial charge in [0.15, 0.2) is 0 Å². The first-order chi connectivity index (χ1) is 9.41. The molecule has 1 aromatic rings. The van der Waals surface area contributed by atoms with Crippen molar-refractivity contribution >= 4 is 17.3 Å². The summed E-state index contributed by atoms with van der Waals surface area (Å²) in [6.45, 7) is 4.06. The zero-order chi connectivity index (χ0) is 14.9. The van der Waals surface area contributed by atoms with Gasteiger partial charge >= 0.3 is 0 Å². The molecular formula is C14H19N3O3. The lowest BCUT2D eigenvalue weighted by Gasteiger charge is -2.39. The molecule has 1 aromatic carbocycles. The summed E-state index contributed by atoms with van der Waals surface area (Å²) >= 11 is 0. The number of amides is 1. The van der Waals surface area contributed by atoms with Gasteiger partial charge in [-0.15, -0.1) is 0 Å². The van der Waals surface area contributed by atoms with Gasteiger partial charge in [0.1, 0.15) is 5.69 Å². The summed E-state index contributed by atoms with van der Waals surface area (Å²) in [5, 5.41) is 10.7. The van der Waals surface area contributed by atoms with Crippen LogP contribution in [0.1, 0.15) is 43.5 Å². The Bertz CT molecular complexity index is 534. The maximum Gasteiger partial charge on any atom is 0.292 e. The van der Waals surface area contributed by atoms with Gasteiger partial charge in [-0.05, 0) is 45.2 Å². The van der Waals surface area contributed by atoms with E-state index in [0.29, 0.717) is 5.56 Å². The summed E-state index contributed by atoms with van der Waals surface area (Å²) in [5.74, 6) is -0.105. The van der Waals surface area contributed by atoms with Crippen LogP contribution in [0.4, 0.5) is 11.4 Å². The third-order valence-corrected chi connectivity index (χ3v) is 3.90.